The minimum atomic E-state index is 0. The highest BCUT2D eigenvalue weighted by Gasteiger charge is 2.12. The van der Waals surface area contributed by atoms with E-state index in [4.69, 9.17) is 0 Å². The molecule has 0 N–H and O–H groups in total. The molecule has 0 aliphatic carbocycles. The molecule has 8 heteroatoms. The molecule has 26 aliphatic rings. The Morgan fingerprint density at radius 3 is 0.578 bits per heavy atom. The molecule has 4 nitrogen and oxygen atoms in total. The molecule has 4 aromatic heterocycles. The predicted molar refractivity (Wildman–Crippen MR) is 240 cm³/mol. The monoisotopic (exact) mass is 912 g/mol. The minimum Gasteiger partial charge on any atom is -1.00 e. The van der Waals surface area contributed by atoms with Crippen molar-refractivity contribution in [3.63, 3.8) is 0 Å². The van der Waals surface area contributed by atoms with Gasteiger partial charge in [0.25, 0.3) is 0 Å². The lowest BCUT2D eigenvalue weighted by atomic mass is 9.98. The Morgan fingerprint density at radius 1 is 0.203 bits per heavy atom. The van der Waals surface area contributed by atoms with Crippen LogP contribution in [0.5, 0.6) is 0 Å². The third kappa shape index (κ3) is 9.87. The van der Waals surface area contributed by atoms with Gasteiger partial charge < -0.3 is 49.6 Å². The van der Waals surface area contributed by atoms with E-state index < -0.39 is 0 Å². The van der Waals surface area contributed by atoms with E-state index in [0.717, 1.165) is 26.2 Å². The molecule has 0 amide bonds. The van der Waals surface area contributed by atoms with Gasteiger partial charge in [-0.15, -0.1) is 0 Å². The number of nitrogens with zero attached hydrogens (tertiary/aromatic N) is 4. The summed E-state index contributed by atoms with van der Waals surface area (Å²) in [7, 11) is 0. The second-order valence-corrected chi connectivity index (χ2v) is 16.2. The third-order valence-corrected chi connectivity index (χ3v) is 12.1. The molecule has 64 heavy (non-hydrogen) atoms. The van der Waals surface area contributed by atoms with E-state index in [-0.39, 0.29) is 49.6 Å². The molecule has 26 aliphatic heterocycles. The van der Waals surface area contributed by atoms with Crippen molar-refractivity contribution >= 4 is 21.5 Å². The fraction of sp³-hybridized carbons (Fsp3) is 0.0714. The second-order valence-electron chi connectivity index (χ2n) is 16.2. The average molecular weight is 915 g/mol. The Labute approximate surface area is 399 Å². The largest absolute Gasteiger partial charge is 1.00 e. The van der Waals surface area contributed by atoms with Crippen LogP contribution in [0.4, 0.5) is 0 Å². The van der Waals surface area contributed by atoms with Gasteiger partial charge >= 0.3 is 0 Å². The average Bonchev–Trinajstić information content (AvgIpc) is 3.30. The van der Waals surface area contributed by atoms with Gasteiger partial charge in [0.15, 0.2) is 75.8 Å². The molecule has 0 saturated carbocycles. The van der Waals surface area contributed by atoms with Crippen molar-refractivity contribution in [2.24, 2.45) is 0 Å². The Bertz CT molecular complexity index is 2720. The first-order valence-electron chi connectivity index (χ1n) is 20.8. The summed E-state index contributed by atoms with van der Waals surface area (Å²) in [6, 6.07) is 63.0. The Morgan fingerprint density at radius 2 is 0.391 bits per heavy atom. The van der Waals surface area contributed by atoms with Gasteiger partial charge in [-0.2, -0.15) is 0 Å². The van der Waals surface area contributed by atoms with E-state index >= 15 is 0 Å². The maximum Gasteiger partial charge on any atom is 0.173 e. The summed E-state index contributed by atoms with van der Waals surface area (Å²) in [6.07, 6.45) is 17.5. The van der Waals surface area contributed by atoms with E-state index in [2.05, 4.69) is 238 Å². The first-order chi connectivity index (χ1) is 29.6. The predicted octanol–water partition coefficient (Wildman–Crippen LogP) is -1.67. The number of pyridine rings is 4. The van der Waals surface area contributed by atoms with Gasteiger partial charge in [0.05, 0.1) is 0 Å². The van der Waals surface area contributed by atoms with Crippen molar-refractivity contribution in [3.05, 3.63) is 242 Å². The first kappa shape index (κ1) is 45.6. The number of rotatable bonds is 0. The van der Waals surface area contributed by atoms with Crippen LogP contribution in [0.2, 0.25) is 0 Å². The van der Waals surface area contributed by atoms with Crippen molar-refractivity contribution in [3.8, 4) is 44.5 Å². The zero-order valence-corrected chi connectivity index (χ0v) is 37.9. The van der Waals surface area contributed by atoms with Crippen molar-refractivity contribution in [2.75, 3.05) is 0 Å². The molecule has 0 radical (unpaired) electrons. The second kappa shape index (κ2) is 20.0. The summed E-state index contributed by atoms with van der Waals surface area (Å²) in [4.78, 5) is 0. The molecule has 20 bridgehead atoms. The Kier molecular flexibility index (Phi) is 14.2. The molecular weight excluding hydrogens is 870 g/mol. The van der Waals surface area contributed by atoms with E-state index in [1.807, 2.05) is 0 Å². The molecular formula is C56H44Cl4N4. The van der Waals surface area contributed by atoms with Crippen LogP contribution in [0.25, 0.3) is 66.1 Å². The molecule has 6 aromatic carbocycles. The van der Waals surface area contributed by atoms with Gasteiger partial charge in [0.2, 0.25) is 0 Å². The molecule has 36 rings (SSSR count). The third-order valence-electron chi connectivity index (χ3n) is 12.1. The van der Waals surface area contributed by atoms with Gasteiger partial charge in [0.1, 0.15) is 0 Å². The highest BCUT2D eigenvalue weighted by molar-refractivity contribution is 5.92. The number of hydrogen-bond acceptors (Lipinski definition) is 0. The zero-order valence-electron chi connectivity index (χ0n) is 34.9. The number of aromatic nitrogens is 4. The highest BCUT2D eigenvalue weighted by Crippen LogP contribution is 2.30. The maximum absolute atomic E-state index is 2.30. The lowest BCUT2D eigenvalue weighted by Crippen LogP contribution is -3.00. The van der Waals surface area contributed by atoms with Gasteiger partial charge in [-0.3, -0.25) is 0 Å². The lowest BCUT2D eigenvalue weighted by molar-refractivity contribution is -0.688. The van der Waals surface area contributed by atoms with E-state index in [1.54, 1.807) is 0 Å². The quantitative estimate of drug-likeness (QED) is 0.162. The van der Waals surface area contributed by atoms with Crippen molar-refractivity contribution in [1.29, 1.82) is 0 Å². The molecule has 0 spiro atoms. The van der Waals surface area contributed by atoms with Crippen molar-refractivity contribution in [2.45, 2.75) is 26.2 Å². The summed E-state index contributed by atoms with van der Waals surface area (Å²) in [6.45, 7) is 3.31. The van der Waals surface area contributed by atoms with Crippen LogP contribution in [0.3, 0.4) is 0 Å². The summed E-state index contributed by atoms with van der Waals surface area (Å²) >= 11 is 0. The van der Waals surface area contributed by atoms with E-state index in [1.165, 1.54) is 88.3 Å². The molecule has 10 aromatic rings. The fourth-order valence-electron chi connectivity index (χ4n) is 8.57. The molecule has 316 valence electrons. The summed E-state index contributed by atoms with van der Waals surface area (Å²) in [5.41, 5.74) is 14.9. The molecule has 0 atom stereocenters. The fourth-order valence-corrected chi connectivity index (χ4v) is 8.57. The first-order valence-corrected chi connectivity index (χ1v) is 20.8. The van der Waals surface area contributed by atoms with Gasteiger partial charge in [-0.05, 0) is 90.3 Å². The molecule has 0 saturated heterocycles. The number of benzene rings is 6. The summed E-state index contributed by atoms with van der Waals surface area (Å²) in [5.74, 6) is 0. The van der Waals surface area contributed by atoms with Crippen LogP contribution < -0.4 is 67.9 Å². The van der Waals surface area contributed by atoms with Gasteiger partial charge in [-0.25, -0.2) is 18.3 Å². The molecule has 30 heterocycles. The highest BCUT2D eigenvalue weighted by atomic mass is 35.5. The van der Waals surface area contributed by atoms with Gasteiger partial charge in [-0.1, -0.05) is 97.1 Å². The smallest absolute Gasteiger partial charge is 0.173 e. The normalized spacial score (nSPS) is 11.6. The van der Waals surface area contributed by atoms with Crippen LogP contribution in [0, 0.1) is 0 Å². The Balaban J connectivity index is 0.00000153. The van der Waals surface area contributed by atoms with Crippen LogP contribution in [-0.2, 0) is 26.2 Å². The lowest BCUT2D eigenvalue weighted by Gasteiger charge is -2.08. The summed E-state index contributed by atoms with van der Waals surface area (Å²) < 4.78 is 9.00. The number of halogens is 4. The van der Waals surface area contributed by atoms with E-state index in [9.17, 15) is 0 Å². The Hall–Kier alpha value is -6.40. The standard InChI is InChI=1S/C56H44N4.4ClH/c1-2-42-4-3-41(1)37-57-25-17-45(18-26-57)49-9-13-54-35-51(11-15-53(54)33-49)47-21-29-59(30-22-47)39-43-5-7-44(8-6-43)40-60-31-23-48(24-32-60)52-12-16-55-34-50(10-14-56(55)36-52)46-19-27-58(38-42)28-20-46;;;;/h1-36H,37-40H2;4*1H/q+4;;;;/p-4. The molecule has 0 unspecified atom stereocenters. The topological polar surface area (TPSA) is 15.5 Å². The van der Waals surface area contributed by atoms with Crippen LogP contribution in [-0.4, -0.2) is 0 Å². The van der Waals surface area contributed by atoms with Crippen LogP contribution in [0.15, 0.2) is 219 Å². The zero-order chi connectivity index (χ0) is 39.8. The van der Waals surface area contributed by atoms with Crippen molar-refractivity contribution in [1.82, 2.24) is 0 Å². The van der Waals surface area contributed by atoms with Crippen molar-refractivity contribution < 1.29 is 67.9 Å². The van der Waals surface area contributed by atoms with Crippen LogP contribution in [0.1, 0.15) is 22.3 Å². The van der Waals surface area contributed by atoms with Gasteiger partial charge in [0, 0.05) is 70.8 Å². The summed E-state index contributed by atoms with van der Waals surface area (Å²) in [5, 5.41) is 4.98. The molecule has 0 fully saturated rings. The maximum atomic E-state index is 2.30. The van der Waals surface area contributed by atoms with Crippen LogP contribution >= 0.6 is 0 Å². The number of hydrogen-bond donors (Lipinski definition) is 0. The van der Waals surface area contributed by atoms with E-state index in [0.29, 0.717) is 0 Å². The SMILES string of the molecule is [Cl-].[Cl-].[Cl-].[Cl-].c1cc2ccc1C[n+]1ccc(cc1)-c1ccc3cc(ccc3c1)-c1cc[n+](cc1)Cc1ccc(cc1)C[n+]1ccc(cc1)-c1ccc3cc(ccc3c1)-c1cc[n+](cc1)C2. The minimum absolute atomic E-state index is 0.